The van der Waals surface area contributed by atoms with Crippen LogP contribution in [0.1, 0.15) is 11.1 Å². The molecule has 0 spiro atoms. The highest BCUT2D eigenvalue weighted by molar-refractivity contribution is 5.78. The van der Waals surface area contributed by atoms with Gasteiger partial charge in [0.2, 0.25) is 0 Å². The van der Waals surface area contributed by atoms with Crippen LogP contribution in [0.15, 0.2) is 59.4 Å². The molecule has 0 radical (unpaired) electrons. The third-order valence-electron chi connectivity index (χ3n) is 3.07. The van der Waals surface area contributed by atoms with E-state index in [0.29, 0.717) is 0 Å². The minimum Gasteiger partial charge on any atom is -0.290 e. The second-order valence-electron chi connectivity index (χ2n) is 4.21. The standard InChI is InChI=1S/C16H12O/c17-14-8-4-10-16-13(11-14)7-3-6-12-5-1-2-9-15(12)16/h1-5,7-11H,6H2. The van der Waals surface area contributed by atoms with Crippen LogP contribution in [0.5, 0.6) is 0 Å². The molecule has 0 N–H and O–H groups in total. The summed E-state index contributed by atoms with van der Waals surface area (Å²) in [4.78, 5) is 11.5. The molecule has 3 rings (SSSR count). The molecular formula is C16H12O. The third-order valence-corrected chi connectivity index (χ3v) is 3.07. The van der Waals surface area contributed by atoms with Crippen LogP contribution in [0.4, 0.5) is 0 Å². The van der Waals surface area contributed by atoms with Crippen LogP contribution in [0.3, 0.4) is 0 Å². The minimum absolute atomic E-state index is 0.0512. The zero-order valence-corrected chi connectivity index (χ0v) is 9.39. The van der Waals surface area contributed by atoms with Crippen molar-refractivity contribution in [3.8, 4) is 11.1 Å². The smallest absolute Gasteiger partial charge is 0.179 e. The molecule has 0 aromatic heterocycles. The van der Waals surface area contributed by atoms with Crippen LogP contribution in [0.25, 0.3) is 17.2 Å². The number of hydrogen-bond acceptors (Lipinski definition) is 1. The van der Waals surface area contributed by atoms with Crippen molar-refractivity contribution in [2.75, 3.05) is 0 Å². The molecule has 0 atom stereocenters. The highest BCUT2D eigenvalue weighted by Gasteiger charge is 2.09. The molecule has 17 heavy (non-hydrogen) atoms. The zero-order valence-electron chi connectivity index (χ0n) is 9.39. The number of allylic oxidation sites excluding steroid dienone is 1. The number of hydrogen-bond donors (Lipinski definition) is 0. The van der Waals surface area contributed by atoms with Gasteiger partial charge in [0.15, 0.2) is 5.43 Å². The van der Waals surface area contributed by atoms with E-state index in [1.807, 2.05) is 24.3 Å². The highest BCUT2D eigenvalue weighted by Crippen LogP contribution is 2.29. The summed E-state index contributed by atoms with van der Waals surface area (Å²) in [6, 6.07) is 15.5. The fraction of sp³-hybridized carbons (Fsp3) is 0.0625. The summed E-state index contributed by atoms with van der Waals surface area (Å²) in [6.07, 6.45) is 5.07. The lowest BCUT2D eigenvalue weighted by Gasteiger charge is -2.06. The summed E-state index contributed by atoms with van der Waals surface area (Å²) in [6.45, 7) is 0. The number of fused-ring (bicyclic) bond motifs is 3. The van der Waals surface area contributed by atoms with E-state index in [9.17, 15) is 4.79 Å². The fourth-order valence-corrected chi connectivity index (χ4v) is 2.27. The number of rotatable bonds is 0. The summed E-state index contributed by atoms with van der Waals surface area (Å²) >= 11 is 0. The van der Waals surface area contributed by atoms with E-state index in [1.54, 1.807) is 12.1 Å². The van der Waals surface area contributed by atoms with Crippen LogP contribution in [-0.2, 0) is 6.42 Å². The van der Waals surface area contributed by atoms with Gasteiger partial charge in [-0.1, -0.05) is 48.6 Å². The lowest BCUT2D eigenvalue weighted by molar-refractivity contribution is 1.29. The van der Waals surface area contributed by atoms with Crippen LogP contribution < -0.4 is 5.43 Å². The molecule has 0 saturated carbocycles. The quantitative estimate of drug-likeness (QED) is 0.666. The van der Waals surface area contributed by atoms with Gasteiger partial charge in [-0.2, -0.15) is 0 Å². The van der Waals surface area contributed by atoms with E-state index >= 15 is 0 Å². The van der Waals surface area contributed by atoms with Crippen molar-refractivity contribution in [1.29, 1.82) is 0 Å². The van der Waals surface area contributed by atoms with E-state index in [1.165, 1.54) is 11.1 Å². The third kappa shape index (κ3) is 1.80. The van der Waals surface area contributed by atoms with Crippen LogP contribution in [0.2, 0.25) is 0 Å². The Bertz CT molecular complexity index is 654. The molecule has 0 saturated heterocycles. The molecule has 1 aliphatic carbocycles. The van der Waals surface area contributed by atoms with E-state index in [0.717, 1.165) is 17.5 Å². The molecule has 0 unspecified atom stereocenters. The first-order valence-electron chi connectivity index (χ1n) is 5.74. The van der Waals surface area contributed by atoms with Crippen molar-refractivity contribution in [3.05, 3.63) is 76.0 Å². The van der Waals surface area contributed by atoms with Crippen molar-refractivity contribution in [3.63, 3.8) is 0 Å². The van der Waals surface area contributed by atoms with E-state index in [4.69, 9.17) is 0 Å². The topological polar surface area (TPSA) is 17.1 Å². The second kappa shape index (κ2) is 4.02. The maximum atomic E-state index is 11.5. The molecule has 0 aliphatic heterocycles. The predicted molar refractivity (Wildman–Crippen MR) is 70.9 cm³/mol. The Labute approximate surface area is 100 Å². The minimum atomic E-state index is 0.0512. The normalized spacial score (nSPS) is 12.5. The molecule has 1 nitrogen and oxygen atoms in total. The molecule has 82 valence electrons. The lowest BCUT2D eigenvalue weighted by Crippen LogP contribution is -1.91. The Kier molecular flexibility index (Phi) is 2.37. The van der Waals surface area contributed by atoms with Gasteiger partial charge in [-0.15, -0.1) is 0 Å². The largest absolute Gasteiger partial charge is 0.290 e. The van der Waals surface area contributed by atoms with Gasteiger partial charge in [-0.3, -0.25) is 4.79 Å². The SMILES string of the molecule is O=c1cccc2c(c1)C=CCc1ccccc1-2. The maximum Gasteiger partial charge on any atom is 0.179 e. The molecule has 1 heteroatoms. The summed E-state index contributed by atoms with van der Waals surface area (Å²) < 4.78 is 0. The fourth-order valence-electron chi connectivity index (χ4n) is 2.27. The molecule has 0 amide bonds. The van der Waals surface area contributed by atoms with Gasteiger partial charge in [0.1, 0.15) is 0 Å². The Hall–Kier alpha value is -2.15. The maximum absolute atomic E-state index is 11.5. The van der Waals surface area contributed by atoms with Gasteiger partial charge < -0.3 is 0 Å². The van der Waals surface area contributed by atoms with E-state index < -0.39 is 0 Å². The van der Waals surface area contributed by atoms with Gasteiger partial charge in [0, 0.05) is 0 Å². The van der Waals surface area contributed by atoms with E-state index in [-0.39, 0.29) is 5.43 Å². The first kappa shape index (κ1) is 10.0. The summed E-state index contributed by atoms with van der Waals surface area (Å²) in [7, 11) is 0. The molecule has 1 aliphatic rings. The Morgan fingerprint density at radius 2 is 1.71 bits per heavy atom. The van der Waals surface area contributed by atoms with Crippen molar-refractivity contribution >= 4 is 6.08 Å². The molecule has 0 heterocycles. The van der Waals surface area contributed by atoms with Crippen LogP contribution >= 0.6 is 0 Å². The summed E-state index contributed by atoms with van der Waals surface area (Å²) in [5.74, 6) is 0. The molecule has 2 aromatic carbocycles. The Balaban J connectivity index is 2.39. The van der Waals surface area contributed by atoms with Gasteiger partial charge >= 0.3 is 0 Å². The van der Waals surface area contributed by atoms with Gasteiger partial charge in [0.25, 0.3) is 0 Å². The lowest BCUT2D eigenvalue weighted by atomic mass is 9.98. The Morgan fingerprint density at radius 3 is 2.65 bits per heavy atom. The molecule has 0 fully saturated rings. The van der Waals surface area contributed by atoms with Crippen molar-refractivity contribution in [2.24, 2.45) is 0 Å². The predicted octanol–water partition coefficient (Wildman–Crippen LogP) is 3.28. The first-order chi connectivity index (χ1) is 8.34. The van der Waals surface area contributed by atoms with Crippen molar-refractivity contribution in [2.45, 2.75) is 6.42 Å². The van der Waals surface area contributed by atoms with Crippen LogP contribution in [-0.4, -0.2) is 0 Å². The summed E-state index contributed by atoms with van der Waals surface area (Å²) in [5.41, 5.74) is 4.72. The molecular weight excluding hydrogens is 208 g/mol. The molecule has 0 bridgehead atoms. The van der Waals surface area contributed by atoms with Gasteiger partial charge in [-0.25, -0.2) is 0 Å². The first-order valence-corrected chi connectivity index (χ1v) is 5.74. The monoisotopic (exact) mass is 220 g/mol. The average molecular weight is 220 g/mol. The van der Waals surface area contributed by atoms with E-state index in [2.05, 4.69) is 24.3 Å². The number of benzene rings is 1. The van der Waals surface area contributed by atoms with Crippen LogP contribution in [0, 0.1) is 0 Å². The molecule has 2 aromatic rings. The van der Waals surface area contributed by atoms with Gasteiger partial charge in [-0.05, 0) is 40.8 Å². The Morgan fingerprint density at radius 1 is 0.882 bits per heavy atom. The van der Waals surface area contributed by atoms with Gasteiger partial charge in [0.05, 0.1) is 0 Å². The zero-order chi connectivity index (χ0) is 11.7. The highest BCUT2D eigenvalue weighted by atomic mass is 16.1. The van der Waals surface area contributed by atoms with Crippen molar-refractivity contribution in [1.82, 2.24) is 0 Å². The average Bonchev–Trinajstić information content (AvgIpc) is 2.60. The second-order valence-corrected chi connectivity index (χ2v) is 4.21. The summed E-state index contributed by atoms with van der Waals surface area (Å²) in [5, 5.41) is 0. The van der Waals surface area contributed by atoms with Crippen molar-refractivity contribution < 1.29 is 0 Å².